The molecular formula is C14H24N2O. The van der Waals surface area contributed by atoms with Crippen LogP contribution in [0.2, 0.25) is 0 Å². The summed E-state index contributed by atoms with van der Waals surface area (Å²) in [6.07, 6.45) is 7.20. The van der Waals surface area contributed by atoms with E-state index in [1.807, 2.05) is 0 Å². The molecule has 1 heterocycles. The third-order valence-electron chi connectivity index (χ3n) is 4.58. The minimum absolute atomic E-state index is 0.270. The Morgan fingerprint density at radius 3 is 2.41 bits per heavy atom. The highest BCUT2D eigenvalue weighted by molar-refractivity contribution is 5.84. The zero-order valence-corrected chi connectivity index (χ0v) is 10.7. The zero-order chi connectivity index (χ0) is 11.7. The van der Waals surface area contributed by atoms with Crippen molar-refractivity contribution < 1.29 is 4.79 Å². The Morgan fingerprint density at radius 2 is 1.76 bits per heavy atom. The molecule has 1 atom stereocenters. The summed E-state index contributed by atoms with van der Waals surface area (Å²) in [5.74, 6) is 1.50. The lowest BCUT2D eigenvalue weighted by molar-refractivity contribution is -0.127. The monoisotopic (exact) mass is 236 g/mol. The minimum atomic E-state index is 0.270. The van der Waals surface area contributed by atoms with Gasteiger partial charge in [0.1, 0.15) is 5.78 Å². The van der Waals surface area contributed by atoms with Crippen molar-refractivity contribution in [2.45, 2.75) is 44.6 Å². The number of ketones is 1. The second-order valence-corrected chi connectivity index (χ2v) is 6.01. The lowest BCUT2D eigenvalue weighted by Gasteiger charge is -2.40. The molecule has 1 unspecified atom stereocenters. The van der Waals surface area contributed by atoms with Crippen LogP contribution in [-0.4, -0.2) is 54.3 Å². The maximum Gasteiger partial charge on any atom is 0.149 e. The van der Waals surface area contributed by atoms with Crippen LogP contribution in [0.15, 0.2) is 0 Å². The molecule has 3 fully saturated rings. The van der Waals surface area contributed by atoms with E-state index in [0.717, 1.165) is 38.3 Å². The van der Waals surface area contributed by atoms with Gasteiger partial charge in [-0.05, 0) is 31.6 Å². The van der Waals surface area contributed by atoms with Crippen LogP contribution in [0.25, 0.3) is 0 Å². The van der Waals surface area contributed by atoms with Crippen LogP contribution in [0.4, 0.5) is 0 Å². The van der Waals surface area contributed by atoms with Crippen molar-refractivity contribution in [1.82, 2.24) is 9.80 Å². The Hall–Kier alpha value is -0.410. The minimum Gasteiger partial charge on any atom is -0.301 e. The van der Waals surface area contributed by atoms with Crippen LogP contribution < -0.4 is 0 Å². The molecule has 0 spiro atoms. The first-order valence-electron chi connectivity index (χ1n) is 7.32. The first-order valence-corrected chi connectivity index (χ1v) is 7.32. The van der Waals surface area contributed by atoms with Crippen molar-refractivity contribution in [3.05, 3.63) is 0 Å². The van der Waals surface area contributed by atoms with Gasteiger partial charge in [-0.25, -0.2) is 0 Å². The van der Waals surface area contributed by atoms with Crippen molar-refractivity contribution in [2.24, 2.45) is 5.92 Å². The van der Waals surface area contributed by atoms with Crippen LogP contribution >= 0.6 is 0 Å². The van der Waals surface area contributed by atoms with E-state index in [2.05, 4.69) is 9.80 Å². The maximum absolute atomic E-state index is 11.9. The Morgan fingerprint density at radius 1 is 1.00 bits per heavy atom. The topological polar surface area (TPSA) is 23.6 Å². The molecule has 2 aliphatic carbocycles. The van der Waals surface area contributed by atoms with Gasteiger partial charge in [0, 0.05) is 39.1 Å². The second kappa shape index (κ2) is 5.07. The average molecular weight is 236 g/mol. The van der Waals surface area contributed by atoms with E-state index in [9.17, 15) is 4.79 Å². The molecule has 3 aliphatic rings. The van der Waals surface area contributed by atoms with Gasteiger partial charge in [0.25, 0.3) is 0 Å². The fourth-order valence-electron chi connectivity index (χ4n) is 3.27. The molecule has 0 aromatic carbocycles. The summed E-state index contributed by atoms with van der Waals surface area (Å²) in [6.45, 7) is 5.90. The number of piperazine rings is 1. The lowest BCUT2D eigenvalue weighted by Crippen LogP contribution is -2.53. The molecule has 0 aromatic rings. The maximum atomic E-state index is 11.9. The molecule has 1 saturated heterocycles. The predicted molar refractivity (Wildman–Crippen MR) is 68.0 cm³/mol. The molecule has 0 amide bonds. The van der Waals surface area contributed by atoms with E-state index >= 15 is 0 Å². The molecule has 0 aromatic heterocycles. The Kier molecular flexibility index (Phi) is 3.48. The molecule has 0 N–H and O–H groups in total. The van der Waals surface area contributed by atoms with E-state index in [1.54, 1.807) is 0 Å². The Labute approximate surface area is 104 Å². The van der Waals surface area contributed by atoms with Gasteiger partial charge in [0.05, 0.1) is 6.04 Å². The van der Waals surface area contributed by atoms with Gasteiger partial charge in [-0.2, -0.15) is 0 Å². The standard InChI is InChI=1S/C14H24N2O/c17-14-4-2-1-3-13(14)16-9-7-15(8-10-16)11-12-5-6-12/h12-13H,1-11H2. The fraction of sp³-hybridized carbons (Fsp3) is 0.929. The molecule has 17 heavy (non-hydrogen) atoms. The van der Waals surface area contributed by atoms with Crippen LogP contribution in [0.1, 0.15) is 38.5 Å². The molecule has 2 saturated carbocycles. The summed E-state index contributed by atoms with van der Waals surface area (Å²) in [5, 5.41) is 0. The summed E-state index contributed by atoms with van der Waals surface area (Å²) in [6, 6.07) is 0.270. The van der Waals surface area contributed by atoms with Crippen molar-refractivity contribution >= 4 is 5.78 Å². The molecule has 3 rings (SSSR count). The first kappa shape index (κ1) is 11.7. The van der Waals surface area contributed by atoms with Gasteiger partial charge >= 0.3 is 0 Å². The summed E-state index contributed by atoms with van der Waals surface area (Å²) in [5.41, 5.74) is 0. The molecule has 3 nitrogen and oxygen atoms in total. The van der Waals surface area contributed by atoms with E-state index in [0.29, 0.717) is 5.78 Å². The van der Waals surface area contributed by atoms with Gasteiger partial charge in [0.15, 0.2) is 0 Å². The quantitative estimate of drug-likeness (QED) is 0.742. The van der Waals surface area contributed by atoms with Crippen LogP contribution in [-0.2, 0) is 4.79 Å². The smallest absolute Gasteiger partial charge is 0.149 e. The van der Waals surface area contributed by atoms with Crippen molar-refractivity contribution in [3.8, 4) is 0 Å². The Balaban J connectivity index is 1.47. The first-order chi connectivity index (χ1) is 8.33. The SMILES string of the molecule is O=C1CCCCC1N1CCN(CC2CC2)CC1. The molecule has 0 bridgehead atoms. The number of nitrogens with zero attached hydrogens (tertiary/aromatic N) is 2. The summed E-state index contributed by atoms with van der Waals surface area (Å²) >= 11 is 0. The van der Waals surface area contributed by atoms with Crippen molar-refractivity contribution in [2.75, 3.05) is 32.7 Å². The van der Waals surface area contributed by atoms with E-state index in [4.69, 9.17) is 0 Å². The average Bonchev–Trinajstić information content (AvgIpc) is 3.15. The highest BCUT2D eigenvalue weighted by Gasteiger charge is 2.32. The largest absolute Gasteiger partial charge is 0.301 e. The molecule has 0 radical (unpaired) electrons. The van der Waals surface area contributed by atoms with Gasteiger partial charge in [-0.1, -0.05) is 6.42 Å². The summed E-state index contributed by atoms with van der Waals surface area (Å²) in [7, 11) is 0. The number of hydrogen-bond acceptors (Lipinski definition) is 3. The van der Waals surface area contributed by atoms with Crippen LogP contribution in [0.5, 0.6) is 0 Å². The van der Waals surface area contributed by atoms with Gasteiger partial charge < -0.3 is 4.90 Å². The molecule has 96 valence electrons. The number of Topliss-reactive ketones (excluding diaryl/α,β-unsaturated/α-hetero) is 1. The third-order valence-corrected chi connectivity index (χ3v) is 4.58. The molecular weight excluding hydrogens is 212 g/mol. The fourth-order valence-corrected chi connectivity index (χ4v) is 3.27. The predicted octanol–water partition coefficient (Wildman–Crippen LogP) is 1.53. The van der Waals surface area contributed by atoms with Gasteiger partial charge in [-0.15, -0.1) is 0 Å². The molecule has 1 aliphatic heterocycles. The van der Waals surface area contributed by atoms with E-state index < -0.39 is 0 Å². The van der Waals surface area contributed by atoms with Crippen LogP contribution in [0, 0.1) is 5.92 Å². The highest BCUT2D eigenvalue weighted by Crippen LogP contribution is 2.30. The van der Waals surface area contributed by atoms with Gasteiger partial charge in [-0.3, -0.25) is 9.69 Å². The normalized spacial score (nSPS) is 32.9. The Bertz CT molecular complexity index is 280. The number of carbonyl (C=O) groups excluding carboxylic acids is 1. The summed E-state index contributed by atoms with van der Waals surface area (Å²) in [4.78, 5) is 17.0. The number of carbonyl (C=O) groups is 1. The third kappa shape index (κ3) is 2.89. The number of hydrogen-bond donors (Lipinski definition) is 0. The van der Waals surface area contributed by atoms with E-state index in [-0.39, 0.29) is 6.04 Å². The summed E-state index contributed by atoms with van der Waals surface area (Å²) < 4.78 is 0. The van der Waals surface area contributed by atoms with Crippen LogP contribution in [0.3, 0.4) is 0 Å². The number of rotatable bonds is 3. The second-order valence-electron chi connectivity index (χ2n) is 6.01. The van der Waals surface area contributed by atoms with Crippen molar-refractivity contribution in [3.63, 3.8) is 0 Å². The van der Waals surface area contributed by atoms with Gasteiger partial charge in [0.2, 0.25) is 0 Å². The lowest BCUT2D eigenvalue weighted by atomic mass is 9.92. The van der Waals surface area contributed by atoms with Crippen molar-refractivity contribution in [1.29, 1.82) is 0 Å². The highest BCUT2D eigenvalue weighted by atomic mass is 16.1. The van der Waals surface area contributed by atoms with E-state index in [1.165, 1.54) is 38.9 Å². The molecule has 3 heteroatoms. The zero-order valence-electron chi connectivity index (χ0n) is 10.7.